The minimum atomic E-state index is -3.57. The van der Waals surface area contributed by atoms with Gasteiger partial charge in [-0.05, 0) is 36.4 Å². The van der Waals surface area contributed by atoms with Gasteiger partial charge < -0.3 is 9.64 Å². The van der Waals surface area contributed by atoms with Gasteiger partial charge in [0.25, 0.3) is 5.91 Å². The summed E-state index contributed by atoms with van der Waals surface area (Å²) in [6, 6.07) is 10.0. The maximum atomic E-state index is 12.6. The topological polar surface area (TPSA) is 79.8 Å². The van der Waals surface area contributed by atoms with Crippen LogP contribution in [-0.2, 0) is 10.0 Å². The number of ether oxygens (including phenoxy) is 1. The van der Waals surface area contributed by atoms with Crippen LogP contribution in [0, 0.1) is 0 Å². The summed E-state index contributed by atoms with van der Waals surface area (Å²) < 4.78 is 31.6. The van der Waals surface area contributed by atoms with Crippen molar-refractivity contribution in [3.05, 3.63) is 54.4 Å². The molecule has 0 unspecified atom stereocenters. The van der Waals surface area contributed by atoms with Gasteiger partial charge in [-0.2, -0.15) is 4.31 Å². The van der Waals surface area contributed by atoms with Gasteiger partial charge in [0.2, 0.25) is 10.0 Å². The lowest BCUT2D eigenvalue weighted by atomic mass is 10.2. The number of pyridine rings is 1. The quantitative estimate of drug-likeness (QED) is 0.818. The molecule has 0 N–H and O–H groups in total. The monoisotopic (exact) mass is 361 g/mol. The number of nitrogens with zero attached hydrogens (tertiary/aromatic N) is 3. The molecule has 1 saturated heterocycles. The Hall–Kier alpha value is -2.45. The second kappa shape index (κ2) is 7.20. The second-order valence-electron chi connectivity index (χ2n) is 5.61. The average molecular weight is 361 g/mol. The molecule has 132 valence electrons. The lowest BCUT2D eigenvalue weighted by Crippen LogP contribution is -2.50. The molecule has 0 saturated carbocycles. The molecule has 7 nitrogen and oxygen atoms in total. The third-order valence-corrected chi connectivity index (χ3v) is 6.02. The number of carbonyl (C=O) groups excluding carboxylic acids is 1. The average Bonchev–Trinajstić information content (AvgIpc) is 2.68. The Morgan fingerprint density at radius 2 is 1.76 bits per heavy atom. The number of rotatable bonds is 4. The molecule has 1 aromatic carbocycles. The Kier molecular flexibility index (Phi) is 5.00. The SMILES string of the molecule is COc1ccc(C(=O)N2CCN(S(=O)(=O)c3cccnc3)CC2)cc1. The fourth-order valence-electron chi connectivity index (χ4n) is 2.70. The van der Waals surface area contributed by atoms with Crippen LogP contribution in [0.4, 0.5) is 0 Å². The summed E-state index contributed by atoms with van der Waals surface area (Å²) in [5, 5.41) is 0. The Balaban J connectivity index is 1.66. The van der Waals surface area contributed by atoms with Crippen molar-refractivity contribution in [2.24, 2.45) is 0 Å². The standard InChI is InChI=1S/C17H19N3O4S/c1-24-15-6-4-14(5-7-15)17(21)19-9-11-20(12-10-19)25(22,23)16-3-2-8-18-13-16/h2-8,13H,9-12H2,1H3. The van der Waals surface area contributed by atoms with E-state index in [1.165, 1.54) is 22.8 Å². The van der Waals surface area contributed by atoms with Gasteiger partial charge >= 0.3 is 0 Å². The Morgan fingerprint density at radius 3 is 2.32 bits per heavy atom. The molecule has 0 spiro atoms. The van der Waals surface area contributed by atoms with E-state index in [1.54, 1.807) is 42.3 Å². The molecule has 0 aliphatic carbocycles. The van der Waals surface area contributed by atoms with Gasteiger partial charge in [0.1, 0.15) is 10.6 Å². The van der Waals surface area contributed by atoms with Gasteiger partial charge in [0, 0.05) is 44.1 Å². The molecule has 25 heavy (non-hydrogen) atoms. The zero-order valence-corrected chi connectivity index (χ0v) is 14.6. The number of aromatic nitrogens is 1. The van der Waals surface area contributed by atoms with Crippen LogP contribution in [0.15, 0.2) is 53.7 Å². The number of hydrogen-bond donors (Lipinski definition) is 0. The summed E-state index contributed by atoms with van der Waals surface area (Å²) >= 11 is 0. The number of carbonyl (C=O) groups is 1. The van der Waals surface area contributed by atoms with E-state index in [9.17, 15) is 13.2 Å². The van der Waals surface area contributed by atoms with Gasteiger partial charge in [-0.3, -0.25) is 9.78 Å². The zero-order chi connectivity index (χ0) is 17.9. The van der Waals surface area contributed by atoms with E-state index in [-0.39, 0.29) is 23.9 Å². The van der Waals surface area contributed by atoms with Crippen molar-refractivity contribution in [3.8, 4) is 5.75 Å². The van der Waals surface area contributed by atoms with Gasteiger partial charge in [-0.1, -0.05) is 0 Å². The first-order valence-electron chi connectivity index (χ1n) is 7.86. The molecular weight excluding hydrogens is 342 g/mol. The second-order valence-corrected chi connectivity index (χ2v) is 7.55. The van der Waals surface area contributed by atoms with Crippen LogP contribution in [0.3, 0.4) is 0 Å². The van der Waals surface area contributed by atoms with Crippen LogP contribution in [0.2, 0.25) is 0 Å². The van der Waals surface area contributed by atoms with Gasteiger partial charge in [-0.15, -0.1) is 0 Å². The van der Waals surface area contributed by atoms with E-state index in [1.807, 2.05) is 0 Å². The Morgan fingerprint density at radius 1 is 1.08 bits per heavy atom. The Labute approximate surface area is 146 Å². The van der Waals surface area contributed by atoms with Crippen molar-refractivity contribution in [2.75, 3.05) is 33.3 Å². The van der Waals surface area contributed by atoms with E-state index >= 15 is 0 Å². The van der Waals surface area contributed by atoms with Gasteiger partial charge in [0.05, 0.1) is 7.11 Å². The molecule has 0 radical (unpaired) electrons. The first kappa shape index (κ1) is 17.4. The molecule has 3 rings (SSSR count). The summed E-state index contributed by atoms with van der Waals surface area (Å²) in [6.45, 7) is 1.23. The molecule has 2 heterocycles. The molecule has 2 aromatic rings. The largest absolute Gasteiger partial charge is 0.497 e. The summed E-state index contributed by atoms with van der Waals surface area (Å²) in [7, 11) is -2.00. The summed E-state index contributed by atoms with van der Waals surface area (Å²) in [5.41, 5.74) is 0.560. The van der Waals surface area contributed by atoms with Crippen molar-refractivity contribution in [1.29, 1.82) is 0 Å². The van der Waals surface area contributed by atoms with Crippen LogP contribution in [-0.4, -0.2) is 61.8 Å². The van der Waals surface area contributed by atoms with Crippen LogP contribution in [0.25, 0.3) is 0 Å². The predicted molar refractivity (Wildman–Crippen MR) is 91.9 cm³/mol. The minimum absolute atomic E-state index is 0.110. The molecule has 1 aromatic heterocycles. The summed E-state index contributed by atoms with van der Waals surface area (Å²) in [5.74, 6) is 0.574. The summed E-state index contributed by atoms with van der Waals surface area (Å²) in [4.78, 5) is 18.2. The van der Waals surface area contributed by atoms with Crippen LogP contribution in [0.5, 0.6) is 5.75 Å². The number of amides is 1. The highest BCUT2D eigenvalue weighted by atomic mass is 32.2. The first-order valence-corrected chi connectivity index (χ1v) is 9.30. The van der Waals surface area contributed by atoms with Crippen molar-refractivity contribution in [1.82, 2.24) is 14.2 Å². The molecule has 0 bridgehead atoms. The van der Waals surface area contributed by atoms with Gasteiger partial charge in [0.15, 0.2) is 0 Å². The number of benzene rings is 1. The van der Waals surface area contributed by atoms with Crippen molar-refractivity contribution < 1.29 is 17.9 Å². The van der Waals surface area contributed by atoms with Crippen molar-refractivity contribution in [3.63, 3.8) is 0 Å². The highest BCUT2D eigenvalue weighted by Gasteiger charge is 2.30. The normalized spacial score (nSPS) is 15.8. The lowest BCUT2D eigenvalue weighted by Gasteiger charge is -2.34. The zero-order valence-electron chi connectivity index (χ0n) is 13.8. The summed E-state index contributed by atoms with van der Waals surface area (Å²) in [6.07, 6.45) is 2.87. The maximum absolute atomic E-state index is 12.6. The van der Waals surface area contributed by atoms with Crippen LogP contribution in [0.1, 0.15) is 10.4 Å². The molecule has 8 heteroatoms. The van der Waals surface area contributed by atoms with Crippen molar-refractivity contribution >= 4 is 15.9 Å². The van der Waals surface area contributed by atoms with E-state index in [2.05, 4.69) is 4.98 Å². The predicted octanol–water partition coefficient (Wildman–Crippen LogP) is 1.24. The molecular formula is C17H19N3O4S. The van der Waals surface area contributed by atoms with E-state index in [0.29, 0.717) is 24.4 Å². The smallest absolute Gasteiger partial charge is 0.253 e. The highest BCUT2D eigenvalue weighted by Crippen LogP contribution is 2.18. The third-order valence-electron chi connectivity index (χ3n) is 4.13. The molecule has 1 amide bonds. The fourth-order valence-corrected chi connectivity index (χ4v) is 4.08. The fraction of sp³-hybridized carbons (Fsp3) is 0.294. The first-order chi connectivity index (χ1) is 12.0. The van der Waals surface area contributed by atoms with E-state index in [4.69, 9.17) is 4.74 Å². The molecule has 1 fully saturated rings. The minimum Gasteiger partial charge on any atom is -0.497 e. The van der Waals surface area contributed by atoms with Crippen LogP contribution >= 0.6 is 0 Å². The number of sulfonamides is 1. The van der Waals surface area contributed by atoms with Gasteiger partial charge in [-0.25, -0.2) is 8.42 Å². The highest BCUT2D eigenvalue weighted by molar-refractivity contribution is 7.89. The number of methoxy groups -OCH3 is 1. The van der Waals surface area contributed by atoms with Crippen LogP contribution < -0.4 is 4.74 Å². The Bertz CT molecular complexity index is 830. The van der Waals surface area contributed by atoms with E-state index in [0.717, 1.165) is 0 Å². The number of piperazine rings is 1. The van der Waals surface area contributed by atoms with Crippen molar-refractivity contribution in [2.45, 2.75) is 4.90 Å². The maximum Gasteiger partial charge on any atom is 0.253 e. The lowest BCUT2D eigenvalue weighted by molar-refractivity contribution is 0.0698. The van der Waals surface area contributed by atoms with E-state index < -0.39 is 10.0 Å². The third kappa shape index (κ3) is 3.64. The molecule has 0 atom stereocenters. The molecule has 1 aliphatic rings. The number of hydrogen-bond acceptors (Lipinski definition) is 5. The molecule has 1 aliphatic heterocycles.